The average molecular weight is 793 g/mol. The molecule has 0 bridgehead atoms. The summed E-state index contributed by atoms with van der Waals surface area (Å²) in [5.74, 6) is 1.80. The Hall–Kier alpha value is -8.41. The van der Waals surface area contributed by atoms with Gasteiger partial charge in [-0.1, -0.05) is 176 Å². The van der Waals surface area contributed by atoms with Gasteiger partial charge in [-0.15, -0.1) is 0 Å². The lowest BCUT2D eigenvalue weighted by Gasteiger charge is -2.12. The SMILES string of the molecule is c1ccc(-c2cccc(-c3nc(-c4ccccc4)nc(-c4ccc5c(c4)oc4c(-c6ccccc6-c6ccc7c8ccccc8n(-c8ccccc8)c7c6)cccc45)n3)c2)cc1. The zero-order chi connectivity index (χ0) is 41.0. The molecule has 3 aromatic heterocycles. The number of benzene rings is 9. The Morgan fingerprint density at radius 3 is 1.63 bits per heavy atom. The molecular weight excluding hydrogens is 757 g/mol. The van der Waals surface area contributed by atoms with E-state index in [0.29, 0.717) is 17.5 Å². The van der Waals surface area contributed by atoms with E-state index in [4.69, 9.17) is 19.4 Å². The van der Waals surface area contributed by atoms with Crippen LogP contribution in [-0.2, 0) is 0 Å². The van der Waals surface area contributed by atoms with Crippen LogP contribution in [0.3, 0.4) is 0 Å². The van der Waals surface area contributed by atoms with Crippen LogP contribution in [0.4, 0.5) is 0 Å². The van der Waals surface area contributed by atoms with Crippen molar-refractivity contribution in [2.24, 2.45) is 0 Å². The van der Waals surface area contributed by atoms with Crippen molar-refractivity contribution < 1.29 is 4.42 Å². The number of aromatic nitrogens is 4. The second kappa shape index (κ2) is 14.7. The molecular formula is C57H36N4O. The van der Waals surface area contributed by atoms with Crippen molar-refractivity contribution in [3.05, 3.63) is 218 Å². The second-order valence-electron chi connectivity index (χ2n) is 15.6. The van der Waals surface area contributed by atoms with Crippen LogP contribution in [0.15, 0.2) is 223 Å². The first-order chi connectivity index (χ1) is 30.7. The number of furan rings is 1. The molecule has 12 rings (SSSR count). The summed E-state index contributed by atoms with van der Waals surface area (Å²) >= 11 is 0. The van der Waals surface area contributed by atoms with Crippen molar-refractivity contribution in [3.63, 3.8) is 0 Å². The minimum atomic E-state index is 0.579. The van der Waals surface area contributed by atoms with E-state index in [2.05, 4.69) is 187 Å². The molecule has 5 nitrogen and oxygen atoms in total. The average Bonchev–Trinajstić information content (AvgIpc) is 3.90. The van der Waals surface area contributed by atoms with Gasteiger partial charge in [-0.05, 0) is 70.3 Å². The van der Waals surface area contributed by atoms with E-state index in [1.54, 1.807) is 0 Å². The topological polar surface area (TPSA) is 56.7 Å². The van der Waals surface area contributed by atoms with E-state index < -0.39 is 0 Å². The standard InChI is InChI=1S/C57H36N4O/c1-4-16-37(17-5-1)39-20-14-21-41(34-39)56-58-55(38-18-6-2-7-19-38)59-57(60-56)42-31-33-48-50-28-15-27-49(54(50)62-53(48)36-42)45-25-11-10-24-44(45)40-30-32-47-46-26-12-13-29-51(46)61(52(47)35-40)43-22-8-3-9-23-43/h1-36H. The Labute approximate surface area is 357 Å². The first-order valence-electron chi connectivity index (χ1n) is 20.8. The molecule has 12 aromatic rings. The van der Waals surface area contributed by atoms with Crippen molar-refractivity contribution in [2.75, 3.05) is 0 Å². The van der Waals surface area contributed by atoms with Crippen LogP contribution in [0.5, 0.6) is 0 Å². The van der Waals surface area contributed by atoms with Crippen LogP contribution in [0, 0.1) is 0 Å². The molecule has 9 aromatic carbocycles. The Balaban J connectivity index is 0.982. The molecule has 0 radical (unpaired) electrons. The lowest BCUT2D eigenvalue weighted by molar-refractivity contribution is 0.670. The van der Waals surface area contributed by atoms with Gasteiger partial charge >= 0.3 is 0 Å². The molecule has 0 fully saturated rings. The number of rotatable bonds is 7. The molecule has 0 atom stereocenters. The number of hydrogen-bond acceptors (Lipinski definition) is 4. The third-order valence-corrected chi connectivity index (χ3v) is 11.9. The maximum Gasteiger partial charge on any atom is 0.164 e. The lowest BCUT2D eigenvalue weighted by atomic mass is 9.93. The van der Waals surface area contributed by atoms with Crippen molar-refractivity contribution in [3.8, 4) is 73.2 Å². The van der Waals surface area contributed by atoms with Crippen molar-refractivity contribution in [2.45, 2.75) is 0 Å². The van der Waals surface area contributed by atoms with Crippen LogP contribution >= 0.6 is 0 Å². The number of para-hydroxylation sites is 3. The summed E-state index contributed by atoms with van der Waals surface area (Å²) in [4.78, 5) is 15.2. The second-order valence-corrected chi connectivity index (χ2v) is 15.6. The molecule has 0 N–H and O–H groups in total. The van der Waals surface area contributed by atoms with E-state index in [1.165, 1.54) is 21.8 Å². The fraction of sp³-hybridized carbons (Fsp3) is 0. The minimum absolute atomic E-state index is 0.579. The molecule has 0 saturated carbocycles. The molecule has 0 amide bonds. The highest BCUT2D eigenvalue weighted by atomic mass is 16.3. The maximum atomic E-state index is 6.90. The minimum Gasteiger partial charge on any atom is -0.455 e. The summed E-state index contributed by atoms with van der Waals surface area (Å²) in [6.07, 6.45) is 0. The van der Waals surface area contributed by atoms with Gasteiger partial charge in [0.1, 0.15) is 11.2 Å². The molecule has 5 heteroatoms. The zero-order valence-electron chi connectivity index (χ0n) is 33.5. The summed E-state index contributed by atoms with van der Waals surface area (Å²) in [6, 6.07) is 76.3. The molecule has 0 aliphatic carbocycles. The quantitative estimate of drug-likeness (QED) is 0.161. The van der Waals surface area contributed by atoms with E-state index >= 15 is 0 Å². The van der Waals surface area contributed by atoms with E-state index in [9.17, 15) is 0 Å². The zero-order valence-corrected chi connectivity index (χ0v) is 33.5. The predicted octanol–water partition coefficient (Wildman–Crippen LogP) is 14.9. The van der Waals surface area contributed by atoms with Gasteiger partial charge in [0.15, 0.2) is 17.5 Å². The fourth-order valence-corrected chi connectivity index (χ4v) is 8.93. The van der Waals surface area contributed by atoms with Crippen molar-refractivity contribution >= 4 is 43.7 Å². The summed E-state index contributed by atoms with van der Waals surface area (Å²) in [5.41, 5.74) is 14.4. The van der Waals surface area contributed by atoms with Gasteiger partial charge in [0.25, 0.3) is 0 Å². The van der Waals surface area contributed by atoms with Gasteiger partial charge in [0.2, 0.25) is 0 Å². The predicted molar refractivity (Wildman–Crippen MR) is 254 cm³/mol. The monoisotopic (exact) mass is 792 g/mol. The van der Waals surface area contributed by atoms with Gasteiger partial charge < -0.3 is 8.98 Å². The molecule has 0 aliphatic heterocycles. The molecule has 0 unspecified atom stereocenters. The van der Waals surface area contributed by atoms with E-state index in [0.717, 1.165) is 77.7 Å². The van der Waals surface area contributed by atoms with E-state index in [1.807, 2.05) is 36.4 Å². The maximum absolute atomic E-state index is 6.90. The molecule has 0 saturated heterocycles. The summed E-state index contributed by atoms with van der Waals surface area (Å²) in [6.45, 7) is 0. The lowest BCUT2D eigenvalue weighted by Crippen LogP contribution is -2.00. The van der Waals surface area contributed by atoms with Gasteiger partial charge in [-0.25, -0.2) is 15.0 Å². The Bertz CT molecular complexity index is 3630. The highest BCUT2D eigenvalue weighted by Gasteiger charge is 2.19. The summed E-state index contributed by atoms with van der Waals surface area (Å²) in [7, 11) is 0. The molecule has 290 valence electrons. The Morgan fingerprint density at radius 1 is 0.306 bits per heavy atom. The third kappa shape index (κ3) is 6.06. The number of nitrogens with zero attached hydrogens (tertiary/aromatic N) is 4. The highest BCUT2D eigenvalue weighted by Crippen LogP contribution is 2.42. The van der Waals surface area contributed by atoms with Crippen molar-refractivity contribution in [1.82, 2.24) is 19.5 Å². The first-order valence-corrected chi connectivity index (χ1v) is 20.8. The van der Waals surface area contributed by atoms with Crippen LogP contribution in [0.1, 0.15) is 0 Å². The summed E-state index contributed by atoms with van der Waals surface area (Å²) < 4.78 is 9.27. The van der Waals surface area contributed by atoms with Crippen molar-refractivity contribution in [1.29, 1.82) is 0 Å². The normalized spacial score (nSPS) is 11.5. The van der Waals surface area contributed by atoms with Gasteiger partial charge in [0.05, 0.1) is 11.0 Å². The van der Waals surface area contributed by atoms with Crippen LogP contribution < -0.4 is 0 Å². The number of hydrogen-bond donors (Lipinski definition) is 0. The molecule has 0 aliphatic rings. The summed E-state index contributed by atoms with van der Waals surface area (Å²) in [5, 5.41) is 4.55. The third-order valence-electron chi connectivity index (χ3n) is 11.9. The molecule has 3 heterocycles. The Morgan fingerprint density at radius 2 is 0.839 bits per heavy atom. The van der Waals surface area contributed by atoms with Gasteiger partial charge in [0, 0.05) is 49.5 Å². The van der Waals surface area contributed by atoms with Gasteiger partial charge in [-0.3, -0.25) is 0 Å². The fourth-order valence-electron chi connectivity index (χ4n) is 8.93. The highest BCUT2D eigenvalue weighted by molar-refractivity contribution is 6.13. The largest absolute Gasteiger partial charge is 0.455 e. The molecule has 62 heavy (non-hydrogen) atoms. The first kappa shape index (κ1) is 35.5. The molecule has 0 spiro atoms. The van der Waals surface area contributed by atoms with E-state index in [-0.39, 0.29) is 0 Å². The smallest absolute Gasteiger partial charge is 0.164 e. The Kier molecular flexibility index (Phi) is 8.42. The van der Waals surface area contributed by atoms with Crippen LogP contribution in [-0.4, -0.2) is 19.5 Å². The van der Waals surface area contributed by atoms with Gasteiger partial charge in [-0.2, -0.15) is 0 Å². The number of fused-ring (bicyclic) bond motifs is 6. The van der Waals surface area contributed by atoms with Crippen LogP contribution in [0.25, 0.3) is 117 Å². The van der Waals surface area contributed by atoms with Crippen LogP contribution in [0.2, 0.25) is 0 Å².